The summed E-state index contributed by atoms with van der Waals surface area (Å²) in [5.74, 6) is 0.121. The molecule has 0 aliphatic rings. The number of carbonyl (C=O) groups excluding carboxylic acids is 1. The quantitative estimate of drug-likeness (QED) is 0.679. The molecule has 2 N–H and O–H groups in total. The monoisotopic (exact) mass is 367 g/mol. The second-order valence-corrected chi connectivity index (χ2v) is 6.78. The molecule has 138 valence electrons. The predicted molar refractivity (Wildman–Crippen MR) is 90.4 cm³/mol. The van der Waals surface area contributed by atoms with Crippen molar-refractivity contribution in [2.75, 3.05) is 5.32 Å². The zero-order chi connectivity index (χ0) is 19.3. The third kappa shape index (κ3) is 3.37. The number of alkyl halides is 3. The van der Waals surface area contributed by atoms with Crippen LogP contribution in [0.3, 0.4) is 0 Å². The van der Waals surface area contributed by atoms with Gasteiger partial charge in [-0.2, -0.15) is 13.2 Å². The van der Waals surface area contributed by atoms with E-state index < -0.39 is 28.9 Å². The van der Waals surface area contributed by atoms with E-state index in [1.807, 2.05) is 0 Å². The minimum Gasteiger partial charge on any atom is -0.444 e. The van der Waals surface area contributed by atoms with Crippen molar-refractivity contribution >= 4 is 28.2 Å². The Labute approximate surface area is 145 Å². The standard InChI is InChI=1S/C17H16F3N3O3/c1-16(2,3)26-15(25)22-14-13-10-6-9(24)7-12(17(18,19)20)11(10)8-23(13)5-4-21-14/h4-8,21H,1-3H3,(H,22,25). The number of aromatic amines is 1. The molecule has 3 rings (SSSR count). The zero-order valence-electron chi connectivity index (χ0n) is 14.2. The number of hydrogen-bond donors (Lipinski definition) is 2. The molecule has 9 heteroatoms. The Bertz CT molecular complexity index is 1060. The summed E-state index contributed by atoms with van der Waals surface area (Å²) in [5, 5.41) is 2.42. The molecule has 26 heavy (non-hydrogen) atoms. The Kier molecular flexibility index (Phi) is 3.97. The van der Waals surface area contributed by atoms with Crippen molar-refractivity contribution in [1.82, 2.24) is 9.38 Å². The maximum atomic E-state index is 13.3. The predicted octanol–water partition coefficient (Wildman–Crippen LogP) is 4.15. The molecule has 6 nitrogen and oxygen atoms in total. The Morgan fingerprint density at radius 2 is 1.88 bits per heavy atom. The van der Waals surface area contributed by atoms with Crippen LogP contribution in [0, 0.1) is 0 Å². The van der Waals surface area contributed by atoms with Gasteiger partial charge in [0.2, 0.25) is 0 Å². The molecule has 0 aliphatic heterocycles. The second kappa shape index (κ2) is 5.79. The highest BCUT2D eigenvalue weighted by atomic mass is 19.4. The van der Waals surface area contributed by atoms with E-state index in [9.17, 15) is 22.8 Å². The molecule has 0 atom stereocenters. The van der Waals surface area contributed by atoms with Gasteiger partial charge in [0.05, 0.1) is 11.1 Å². The fourth-order valence-electron chi connectivity index (χ4n) is 2.69. The molecule has 0 bridgehead atoms. The summed E-state index contributed by atoms with van der Waals surface area (Å²) >= 11 is 0. The maximum Gasteiger partial charge on any atom is 0.417 e. The SMILES string of the molecule is CC(C)(C)OC(=O)Nc1[nH]ccn2cc3c(C(F)(F)F)cc(=O)cc3c12. The van der Waals surface area contributed by atoms with Crippen molar-refractivity contribution in [3.63, 3.8) is 0 Å². The molecule has 0 spiro atoms. The molecule has 3 aromatic rings. The molecular formula is C17H16F3N3O3. The maximum absolute atomic E-state index is 13.3. The second-order valence-electron chi connectivity index (χ2n) is 6.78. The number of fused-ring (bicyclic) bond motifs is 3. The van der Waals surface area contributed by atoms with Crippen molar-refractivity contribution < 1.29 is 22.7 Å². The van der Waals surface area contributed by atoms with Gasteiger partial charge in [-0.1, -0.05) is 0 Å². The van der Waals surface area contributed by atoms with Gasteiger partial charge in [-0.25, -0.2) is 4.79 Å². The lowest BCUT2D eigenvalue weighted by atomic mass is 10.1. The topological polar surface area (TPSA) is 75.6 Å². The van der Waals surface area contributed by atoms with E-state index in [0.717, 1.165) is 6.07 Å². The fourth-order valence-corrected chi connectivity index (χ4v) is 2.69. The van der Waals surface area contributed by atoms with Crippen LogP contribution in [0.5, 0.6) is 0 Å². The fraction of sp³-hybridized carbons (Fsp3) is 0.294. The molecule has 0 saturated heterocycles. The molecule has 1 aromatic carbocycles. The smallest absolute Gasteiger partial charge is 0.417 e. The number of anilines is 1. The van der Waals surface area contributed by atoms with Gasteiger partial charge in [-0.05, 0) is 32.9 Å². The van der Waals surface area contributed by atoms with Gasteiger partial charge in [-0.3, -0.25) is 10.1 Å². The van der Waals surface area contributed by atoms with Crippen LogP contribution in [0.2, 0.25) is 0 Å². The lowest BCUT2D eigenvalue weighted by molar-refractivity contribution is -0.136. The van der Waals surface area contributed by atoms with Gasteiger partial charge in [0.25, 0.3) is 0 Å². The molecule has 0 unspecified atom stereocenters. The Morgan fingerprint density at radius 1 is 1.19 bits per heavy atom. The molecule has 0 radical (unpaired) electrons. The van der Waals surface area contributed by atoms with Crippen LogP contribution in [-0.2, 0) is 10.9 Å². The van der Waals surface area contributed by atoms with Crippen LogP contribution in [-0.4, -0.2) is 21.1 Å². The van der Waals surface area contributed by atoms with Gasteiger partial charge in [-0.15, -0.1) is 0 Å². The van der Waals surface area contributed by atoms with Crippen molar-refractivity contribution in [3.05, 3.63) is 46.5 Å². The highest BCUT2D eigenvalue weighted by molar-refractivity contribution is 6.06. The number of nitrogens with zero attached hydrogens (tertiary/aromatic N) is 1. The van der Waals surface area contributed by atoms with Gasteiger partial charge in [0, 0.05) is 29.4 Å². The third-order valence-electron chi connectivity index (χ3n) is 3.57. The molecule has 0 saturated carbocycles. The van der Waals surface area contributed by atoms with Gasteiger partial charge >= 0.3 is 12.3 Å². The average Bonchev–Trinajstić information content (AvgIpc) is 2.82. The third-order valence-corrected chi connectivity index (χ3v) is 3.57. The first-order valence-corrected chi connectivity index (χ1v) is 7.69. The van der Waals surface area contributed by atoms with E-state index >= 15 is 0 Å². The number of amides is 1. The summed E-state index contributed by atoms with van der Waals surface area (Å²) in [6, 6.07) is 1.67. The van der Waals surface area contributed by atoms with Crippen molar-refractivity contribution in [1.29, 1.82) is 0 Å². The molecule has 2 aromatic heterocycles. The summed E-state index contributed by atoms with van der Waals surface area (Å²) in [4.78, 5) is 26.6. The number of halogens is 3. The first-order valence-electron chi connectivity index (χ1n) is 7.69. The number of nitrogens with one attached hydrogen (secondary N) is 2. The number of benzene rings is 1. The first-order chi connectivity index (χ1) is 12.0. The van der Waals surface area contributed by atoms with Crippen LogP contribution in [0.1, 0.15) is 26.3 Å². The Balaban J connectivity index is 2.21. The van der Waals surface area contributed by atoms with Crippen LogP contribution >= 0.6 is 0 Å². The number of aromatic nitrogens is 2. The van der Waals surface area contributed by atoms with Crippen molar-refractivity contribution in [3.8, 4) is 0 Å². The van der Waals surface area contributed by atoms with Gasteiger partial charge in [0.15, 0.2) is 5.43 Å². The normalized spacial score (nSPS) is 12.5. The number of hydrogen-bond acceptors (Lipinski definition) is 3. The lowest BCUT2D eigenvalue weighted by Gasteiger charge is -2.19. The summed E-state index contributed by atoms with van der Waals surface area (Å²) in [7, 11) is 0. The molecule has 0 fully saturated rings. The first kappa shape index (κ1) is 17.8. The molecule has 2 heterocycles. The molecule has 1 amide bonds. The summed E-state index contributed by atoms with van der Waals surface area (Å²) in [6.07, 6.45) is -1.25. The van der Waals surface area contributed by atoms with Crippen LogP contribution in [0.15, 0.2) is 35.5 Å². The minimum atomic E-state index is -4.67. The van der Waals surface area contributed by atoms with E-state index in [0.29, 0.717) is 6.07 Å². The van der Waals surface area contributed by atoms with Crippen molar-refractivity contribution in [2.24, 2.45) is 0 Å². The van der Waals surface area contributed by atoms with E-state index in [2.05, 4.69) is 10.3 Å². The highest BCUT2D eigenvalue weighted by Gasteiger charge is 2.34. The minimum absolute atomic E-state index is 0.0766. The van der Waals surface area contributed by atoms with Crippen molar-refractivity contribution in [2.45, 2.75) is 32.5 Å². The Morgan fingerprint density at radius 3 is 2.50 bits per heavy atom. The number of carbonyl (C=O) groups is 1. The van der Waals surface area contributed by atoms with E-state index in [4.69, 9.17) is 4.74 Å². The largest absolute Gasteiger partial charge is 0.444 e. The lowest BCUT2D eigenvalue weighted by Crippen LogP contribution is -2.27. The Hall–Kier alpha value is -2.97. The van der Waals surface area contributed by atoms with E-state index in [1.165, 1.54) is 23.0 Å². The van der Waals surface area contributed by atoms with E-state index in [1.54, 1.807) is 20.8 Å². The van der Waals surface area contributed by atoms with Gasteiger partial charge in [0.1, 0.15) is 11.4 Å². The number of H-pyrrole nitrogens is 1. The van der Waals surface area contributed by atoms with Crippen LogP contribution in [0.4, 0.5) is 23.8 Å². The van der Waals surface area contributed by atoms with Crippen LogP contribution < -0.4 is 10.7 Å². The van der Waals surface area contributed by atoms with Crippen LogP contribution in [0.25, 0.3) is 16.3 Å². The number of ether oxygens (including phenoxy) is 1. The van der Waals surface area contributed by atoms with E-state index in [-0.39, 0.29) is 22.1 Å². The average molecular weight is 367 g/mol. The number of rotatable bonds is 1. The zero-order valence-corrected chi connectivity index (χ0v) is 14.2. The molecular weight excluding hydrogens is 351 g/mol. The molecule has 0 aliphatic carbocycles. The summed E-state index contributed by atoms with van der Waals surface area (Å²) in [5.41, 5.74) is -2.31. The summed E-state index contributed by atoms with van der Waals surface area (Å²) < 4.78 is 46.4. The summed E-state index contributed by atoms with van der Waals surface area (Å²) in [6.45, 7) is 5.05. The highest BCUT2D eigenvalue weighted by Crippen LogP contribution is 2.36. The van der Waals surface area contributed by atoms with Gasteiger partial charge < -0.3 is 14.1 Å².